The molecule has 13 heavy (non-hydrogen) atoms. The predicted octanol–water partition coefficient (Wildman–Crippen LogP) is 1.86. The second-order valence-electron chi connectivity index (χ2n) is 4.33. The van der Waals surface area contributed by atoms with Crippen molar-refractivity contribution in [2.45, 2.75) is 58.7 Å². The van der Waals surface area contributed by atoms with E-state index in [1.165, 1.54) is 19.4 Å². The second kappa shape index (κ2) is 4.97. The number of hydrogen-bond acceptors (Lipinski definition) is 2. The van der Waals surface area contributed by atoms with Crippen LogP contribution in [0.2, 0.25) is 0 Å². The third-order valence-corrected chi connectivity index (χ3v) is 3.22. The van der Waals surface area contributed by atoms with Gasteiger partial charge in [-0.05, 0) is 26.7 Å². The van der Waals surface area contributed by atoms with Gasteiger partial charge >= 0.3 is 0 Å². The molecule has 78 valence electrons. The molecule has 1 saturated heterocycles. The molecular weight excluding hydrogens is 160 g/mol. The molecule has 0 amide bonds. The van der Waals surface area contributed by atoms with Gasteiger partial charge in [0.25, 0.3) is 0 Å². The molecule has 1 rings (SSSR count). The van der Waals surface area contributed by atoms with Crippen LogP contribution >= 0.6 is 0 Å². The first kappa shape index (κ1) is 11.0. The molecule has 1 N–H and O–H groups in total. The fourth-order valence-electron chi connectivity index (χ4n) is 2.32. The smallest absolute Gasteiger partial charge is 0.0196 e. The lowest BCUT2D eigenvalue weighted by Crippen LogP contribution is -2.57. The summed E-state index contributed by atoms with van der Waals surface area (Å²) in [7, 11) is 0. The maximum Gasteiger partial charge on any atom is 0.0196 e. The fraction of sp³-hybridized carbons (Fsp3) is 1.00. The molecule has 2 heteroatoms. The van der Waals surface area contributed by atoms with Gasteiger partial charge in [0.1, 0.15) is 0 Å². The van der Waals surface area contributed by atoms with Crippen molar-refractivity contribution in [2.75, 3.05) is 13.1 Å². The normalized spacial score (nSPS) is 31.2. The number of nitrogens with one attached hydrogen (secondary N) is 1. The minimum absolute atomic E-state index is 0.664. The second-order valence-corrected chi connectivity index (χ2v) is 4.33. The molecule has 0 aromatic rings. The van der Waals surface area contributed by atoms with Crippen molar-refractivity contribution in [2.24, 2.45) is 0 Å². The molecule has 1 aliphatic rings. The van der Waals surface area contributed by atoms with Crippen molar-refractivity contribution in [3.05, 3.63) is 0 Å². The van der Waals surface area contributed by atoms with E-state index in [0.29, 0.717) is 12.1 Å². The Morgan fingerprint density at radius 1 is 1.31 bits per heavy atom. The average Bonchev–Trinajstić information content (AvgIpc) is 2.13. The number of rotatable bonds is 3. The molecule has 2 nitrogen and oxygen atoms in total. The van der Waals surface area contributed by atoms with Crippen LogP contribution in [0.4, 0.5) is 0 Å². The Balaban J connectivity index is 2.53. The Kier molecular flexibility index (Phi) is 4.20. The molecule has 0 saturated carbocycles. The van der Waals surface area contributed by atoms with Crippen molar-refractivity contribution in [1.29, 1.82) is 0 Å². The first-order valence-corrected chi connectivity index (χ1v) is 5.68. The zero-order valence-electron chi connectivity index (χ0n) is 9.51. The van der Waals surface area contributed by atoms with Gasteiger partial charge in [0.2, 0.25) is 0 Å². The molecule has 1 aliphatic heterocycles. The minimum atomic E-state index is 0.664. The van der Waals surface area contributed by atoms with E-state index in [2.05, 4.69) is 37.9 Å². The van der Waals surface area contributed by atoms with Gasteiger partial charge in [-0.15, -0.1) is 0 Å². The lowest BCUT2D eigenvalue weighted by atomic mass is 10.0. The van der Waals surface area contributed by atoms with Gasteiger partial charge < -0.3 is 5.32 Å². The van der Waals surface area contributed by atoms with Crippen LogP contribution in [-0.2, 0) is 0 Å². The van der Waals surface area contributed by atoms with Gasteiger partial charge in [-0.25, -0.2) is 0 Å². The monoisotopic (exact) mass is 184 g/mol. The summed E-state index contributed by atoms with van der Waals surface area (Å²) in [5.41, 5.74) is 0. The highest BCUT2D eigenvalue weighted by Crippen LogP contribution is 2.15. The SMILES string of the molecule is CCC(CC)N1CC(C)NCC1C. The molecule has 0 aromatic carbocycles. The Morgan fingerprint density at radius 2 is 1.92 bits per heavy atom. The molecule has 2 atom stereocenters. The van der Waals surface area contributed by atoms with Crippen molar-refractivity contribution < 1.29 is 0 Å². The van der Waals surface area contributed by atoms with Gasteiger partial charge in [0, 0.05) is 31.2 Å². The van der Waals surface area contributed by atoms with E-state index in [4.69, 9.17) is 0 Å². The molecule has 1 fully saturated rings. The standard InChI is InChI=1S/C11H24N2/c1-5-11(6-2)13-8-9(3)12-7-10(13)4/h9-12H,5-8H2,1-4H3. The Labute approximate surface area is 82.7 Å². The van der Waals surface area contributed by atoms with Crippen molar-refractivity contribution in [3.8, 4) is 0 Å². The van der Waals surface area contributed by atoms with Crippen LogP contribution in [0.25, 0.3) is 0 Å². The Hall–Kier alpha value is -0.0800. The molecule has 0 radical (unpaired) electrons. The average molecular weight is 184 g/mol. The quantitative estimate of drug-likeness (QED) is 0.720. The molecule has 0 bridgehead atoms. The van der Waals surface area contributed by atoms with Gasteiger partial charge in [-0.3, -0.25) is 4.90 Å². The number of nitrogens with zero attached hydrogens (tertiary/aromatic N) is 1. The summed E-state index contributed by atoms with van der Waals surface area (Å²) in [5, 5.41) is 3.52. The predicted molar refractivity (Wildman–Crippen MR) is 58.0 cm³/mol. The summed E-state index contributed by atoms with van der Waals surface area (Å²) < 4.78 is 0. The van der Waals surface area contributed by atoms with Crippen LogP contribution in [0.1, 0.15) is 40.5 Å². The summed E-state index contributed by atoms with van der Waals surface area (Å²) in [6.07, 6.45) is 2.57. The molecular formula is C11H24N2. The maximum absolute atomic E-state index is 3.52. The summed E-state index contributed by atoms with van der Waals surface area (Å²) in [6, 6.07) is 2.16. The lowest BCUT2D eigenvalue weighted by molar-refractivity contribution is 0.0900. The van der Waals surface area contributed by atoms with E-state index in [1.807, 2.05) is 0 Å². The van der Waals surface area contributed by atoms with Gasteiger partial charge in [-0.2, -0.15) is 0 Å². The van der Waals surface area contributed by atoms with Crippen LogP contribution in [0.5, 0.6) is 0 Å². The summed E-state index contributed by atoms with van der Waals surface area (Å²) in [5.74, 6) is 0. The zero-order chi connectivity index (χ0) is 9.84. The van der Waals surface area contributed by atoms with E-state index in [1.54, 1.807) is 0 Å². The summed E-state index contributed by atoms with van der Waals surface area (Å²) in [6.45, 7) is 11.6. The van der Waals surface area contributed by atoms with Crippen LogP contribution in [0.15, 0.2) is 0 Å². The van der Waals surface area contributed by atoms with Crippen molar-refractivity contribution in [1.82, 2.24) is 10.2 Å². The number of hydrogen-bond donors (Lipinski definition) is 1. The minimum Gasteiger partial charge on any atom is -0.311 e. The highest BCUT2D eigenvalue weighted by Gasteiger charge is 2.26. The maximum atomic E-state index is 3.52. The highest BCUT2D eigenvalue weighted by molar-refractivity contribution is 4.85. The fourth-order valence-corrected chi connectivity index (χ4v) is 2.32. The highest BCUT2D eigenvalue weighted by atomic mass is 15.2. The summed E-state index contributed by atoms with van der Waals surface area (Å²) >= 11 is 0. The van der Waals surface area contributed by atoms with Crippen molar-refractivity contribution >= 4 is 0 Å². The van der Waals surface area contributed by atoms with Crippen LogP contribution < -0.4 is 5.32 Å². The number of piperazine rings is 1. The van der Waals surface area contributed by atoms with Gasteiger partial charge in [0.15, 0.2) is 0 Å². The van der Waals surface area contributed by atoms with E-state index in [9.17, 15) is 0 Å². The Bertz CT molecular complexity index is 143. The molecule has 0 aliphatic carbocycles. The van der Waals surface area contributed by atoms with Crippen LogP contribution in [-0.4, -0.2) is 36.1 Å². The van der Waals surface area contributed by atoms with Crippen molar-refractivity contribution in [3.63, 3.8) is 0 Å². The molecule has 0 aromatic heterocycles. The van der Waals surface area contributed by atoms with Gasteiger partial charge in [-0.1, -0.05) is 13.8 Å². The Morgan fingerprint density at radius 3 is 2.46 bits per heavy atom. The van der Waals surface area contributed by atoms with Crippen LogP contribution in [0.3, 0.4) is 0 Å². The third-order valence-electron chi connectivity index (χ3n) is 3.22. The lowest BCUT2D eigenvalue weighted by Gasteiger charge is -2.42. The molecule has 1 heterocycles. The molecule has 0 spiro atoms. The van der Waals surface area contributed by atoms with E-state index >= 15 is 0 Å². The first-order valence-electron chi connectivity index (χ1n) is 5.68. The van der Waals surface area contributed by atoms with E-state index in [-0.39, 0.29) is 0 Å². The topological polar surface area (TPSA) is 15.3 Å². The van der Waals surface area contributed by atoms with Gasteiger partial charge in [0.05, 0.1) is 0 Å². The molecule has 2 unspecified atom stereocenters. The first-order chi connectivity index (χ1) is 6.19. The van der Waals surface area contributed by atoms with Crippen LogP contribution in [0, 0.1) is 0 Å². The zero-order valence-corrected chi connectivity index (χ0v) is 9.51. The summed E-state index contributed by atoms with van der Waals surface area (Å²) in [4.78, 5) is 2.67. The third kappa shape index (κ3) is 2.68. The van der Waals surface area contributed by atoms with E-state index in [0.717, 1.165) is 12.6 Å². The van der Waals surface area contributed by atoms with E-state index < -0.39 is 0 Å². The largest absolute Gasteiger partial charge is 0.311 e.